The third-order valence-electron chi connectivity index (χ3n) is 6.13. The van der Waals surface area contributed by atoms with Crippen LogP contribution in [-0.4, -0.2) is 43.8 Å². The molecule has 3 aromatic carbocycles. The first-order valence-electron chi connectivity index (χ1n) is 12.1. The lowest BCUT2D eigenvalue weighted by molar-refractivity contribution is 0.0904. The van der Waals surface area contributed by atoms with E-state index < -0.39 is 0 Å². The van der Waals surface area contributed by atoms with Crippen molar-refractivity contribution in [2.24, 2.45) is 5.92 Å². The number of nitrogens with one attached hydrogen (secondary N) is 4. The smallest absolute Gasteiger partial charge is 0.0745 e. The van der Waals surface area contributed by atoms with Gasteiger partial charge in [0.1, 0.15) is 0 Å². The number of hydrogen-bond acceptors (Lipinski definition) is 4. The van der Waals surface area contributed by atoms with Gasteiger partial charge in [-0.15, -0.1) is 4.48 Å². The normalized spacial score (nSPS) is 12.9. The van der Waals surface area contributed by atoms with E-state index in [4.69, 9.17) is 0 Å². The van der Waals surface area contributed by atoms with Crippen molar-refractivity contribution in [3.8, 4) is 0 Å². The Kier molecular flexibility index (Phi) is 8.54. The first kappa shape index (κ1) is 24.5. The van der Waals surface area contributed by atoms with Gasteiger partial charge in [-0.25, -0.2) is 5.12 Å². The molecule has 1 heterocycles. The highest BCUT2D eigenvalue weighted by molar-refractivity contribution is 5.86. The number of hydrogen-bond donors (Lipinski definition) is 4. The van der Waals surface area contributed by atoms with Gasteiger partial charge in [0.15, 0.2) is 0 Å². The van der Waals surface area contributed by atoms with Crippen LogP contribution in [0.25, 0.3) is 16.6 Å². The van der Waals surface area contributed by atoms with E-state index in [1.807, 2.05) is 73.9 Å². The maximum Gasteiger partial charge on any atom is 0.0745 e. The highest BCUT2D eigenvalue weighted by atomic mass is 19.2. The van der Waals surface area contributed by atoms with Gasteiger partial charge in [-0.1, -0.05) is 66.7 Å². The molecule has 0 fully saturated rings. The summed E-state index contributed by atoms with van der Waals surface area (Å²) in [5, 5.41) is 12.1. The number of nitrogens with zero attached hydrogens (tertiary/aromatic N) is 1. The van der Waals surface area contributed by atoms with Crippen LogP contribution >= 0.6 is 0 Å². The third kappa shape index (κ3) is 6.50. The van der Waals surface area contributed by atoms with Crippen molar-refractivity contribution < 1.29 is 4.48 Å². The zero-order valence-electron chi connectivity index (χ0n) is 20.4. The highest BCUT2D eigenvalue weighted by Crippen LogP contribution is 2.31. The van der Waals surface area contributed by atoms with Crippen molar-refractivity contribution in [2.75, 3.05) is 39.0 Å². The first-order valence-corrected chi connectivity index (χ1v) is 12.1. The Bertz CT molecular complexity index is 1220. The molecular weight excluding hydrogens is 437 g/mol. The van der Waals surface area contributed by atoms with Crippen LogP contribution in [0.1, 0.15) is 11.1 Å². The van der Waals surface area contributed by atoms with Crippen molar-refractivity contribution in [1.29, 1.82) is 0 Å². The largest absolute Gasteiger partial charge is 0.361 e. The molecule has 182 valence electrons. The fourth-order valence-corrected chi connectivity index (χ4v) is 4.42. The minimum absolute atomic E-state index is 0.0961. The van der Waals surface area contributed by atoms with Crippen molar-refractivity contribution >= 4 is 22.3 Å². The predicted octanol–water partition coefficient (Wildman–Crippen LogP) is 5.43. The van der Waals surface area contributed by atoms with E-state index >= 15 is 4.48 Å². The molecule has 0 saturated carbocycles. The maximum absolute atomic E-state index is 15.4. The van der Waals surface area contributed by atoms with E-state index in [1.165, 1.54) is 12.6 Å². The number of benzene rings is 3. The summed E-state index contributed by atoms with van der Waals surface area (Å²) in [6.45, 7) is 2.30. The topological polar surface area (TPSA) is 55.1 Å². The molecule has 6 heteroatoms. The molecule has 5 nitrogen and oxygen atoms in total. The van der Waals surface area contributed by atoms with Gasteiger partial charge in [0.2, 0.25) is 0 Å². The first-order chi connectivity index (χ1) is 17.2. The van der Waals surface area contributed by atoms with E-state index in [0.717, 1.165) is 46.1 Å². The van der Waals surface area contributed by atoms with Crippen molar-refractivity contribution in [1.82, 2.24) is 20.7 Å². The van der Waals surface area contributed by atoms with Gasteiger partial charge in [0, 0.05) is 50.0 Å². The molecule has 35 heavy (non-hydrogen) atoms. The highest BCUT2D eigenvalue weighted by Gasteiger charge is 2.24. The molecule has 0 amide bonds. The minimum atomic E-state index is -0.0961. The summed E-state index contributed by atoms with van der Waals surface area (Å²) in [6, 6.07) is 28.5. The molecule has 0 aliphatic rings. The fourth-order valence-electron chi connectivity index (χ4n) is 4.42. The summed E-state index contributed by atoms with van der Waals surface area (Å²) in [4.78, 5) is 3.26. The second-order valence-electron chi connectivity index (χ2n) is 8.70. The average molecular weight is 472 g/mol. The molecule has 4 N–H and O–H groups in total. The van der Waals surface area contributed by atoms with Crippen LogP contribution in [0.4, 0.5) is 10.2 Å². The molecule has 1 aromatic heterocycles. The number of anilines is 1. The molecule has 4 rings (SSSR count). The number of fused-ring (bicyclic) bond motifs is 1. The molecule has 0 saturated heterocycles. The standard InChI is InChI=1S/C29H34FN5/c1-31-17-18-32-21-25(19-22-9-5-3-6-10-22)29(35(2)30)28(24-11-7-4-8-12-24)34-26-14-13-23-15-16-33-27(23)20-26/h3-16,20,25,31-34H,17-19,21H2,1-2H3/b29-28-. The zero-order valence-corrected chi connectivity index (χ0v) is 20.4. The Morgan fingerprint density at radius 1 is 0.943 bits per heavy atom. The number of aromatic nitrogens is 1. The summed E-state index contributed by atoms with van der Waals surface area (Å²) < 4.78 is 15.4. The molecule has 1 atom stereocenters. The van der Waals surface area contributed by atoms with Gasteiger partial charge >= 0.3 is 0 Å². The summed E-state index contributed by atoms with van der Waals surface area (Å²) in [6.07, 6.45) is 2.64. The Balaban J connectivity index is 1.77. The van der Waals surface area contributed by atoms with Gasteiger partial charge in [0.25, 0.3) is 0 Å². The van der Waals surface area contributed by atoms with Crippen molar-refractivity contribution in [3.05, 3.63) is 108 Å². The SMILES string of the molecule is CNCCNCC(Cc1ccccc1)/C(=C(/Nc1ccc2cc[nH]c2c1)c1ccccc1)N(C)F. The van der Waals surface area contributed by atoms with Crippen LogP contribution < -0.4 is 16.0 Å². The molecule has 4 aromatic rings. The number of likely N-dealkylation sites (N-methyl/N-ethyl adjacent to an activating group) is 1. The summed E-state index contributed by atoms with van der Waals surface area (Å²) in [5.41, 5.74) is 5.42. The van der Waals surface area contributed by atoms with E-state index in [2.05, 4.69) is 45.2 Å². The minimum Gasteiger partial charge on any atom is -0.361 e. The lowest BCUT2D eigenvalue weighted by Gasteiger charge is -2.28. The van der Waals surface area contributed by atoms with Crippen LogP contribution in [0.2, 0.25) is 0 Å². The van der Waals surface area contributed by atoms with Gasteiger partial charge < -0.3 is 20.9 Å². The summed E-state index contributed by atoms with van der Waals surface area (Å²) in [5.74, 6) is -0.0961. The summed E-state index contributed by atoms with van der Waals surface area (Å²) >= 11 is 0. The molecule has 0 radical (unpaired) electrons. The molecule has 0 aliphatic heterocycles. The van der Waals surface area contributed by atoms with Crippen LogP contribution in [-0.2, 0) is 6.42 Å². The van der Waals surface area contributed by atoms with Gasteiger partial charge in [-0.2, -0.15) is 0 Å². The Morgan fingerprint density at radius 2 is 1.69 bits per heavy atom. The van der Waals surface area contributed by atoms with E-state index in [9.17, 15) is 0 Å². The second-order valence-corrected chi connectivity index (χ2v) is 8.70. The molecule has 0 bridgehead atoms. The number of halogens is 1. The van der Waals surface area contributed by atoms with Gasteiger partial charge in [0.05, 0.1) is 11.4 Å². The number of H-pyrrole nitrogens is 1. The lowest BCUT2D eigenvalue weighted by atomic mass is 9.92. The molecule has 1 unspecified atom stereocenters. The second kappa shape index (κ2) is 12.2. The van der Waals surface area contributed by atoms with E-state index in [-0.39, 0.29) is 5.92 Å². The zero-order chi connectivity index (χ0) is 24.5. The molecule has 0 aliphatic carbocycles. The number of aromatic amines is 1. The van der Waals surface area contributed by atoms with Crippen LogP contribution in [0.15, 0.2) is 96.8 Å². The van der Waals surface area contributed by atoms with Crippen LogP contribution in [0.3, 0.4) is 0 Å². The van der Waals surface area contributed by atoms with Crippen LogP contribution in [0.5, 0.6) is 0 Å². The quantitative estimate of drug-likeness (QED) is 0.164. The Morgan fingerprint density at radius 3 is 2.40 bits per heavy atom. The van der Waals surface area contributed by atoms with Gasteiger partial charge in [-0.3, -0.25) is 0 Å². The molecular formula is C29H34FN5. The third-order valence-corrected chi connectivity index (χ3v) is 6.13. The average Bonchev–Trinajstić information content (AvgIpc) is 3.35. The predicted molar refractivity (Wildman–Crippen MR) is 145 cm³/mol. The van der Waals surface area contributed by atoms with E-state index in [1.54, 1.807) is 0 Å². The van der Waals surface area contributed by atoms with Crippen molar-refractivity contribution in [2.45, 2.75) is 6.42 Å². The summed E-state index contributed by atoms with van der Waals surface area (Å²) in [7, 11) is 3.42. The number of rotatable bonds is 12. The molecule has 0 spiro atoms. The van der Waals surface area contributed by atoms with Gasteiger partial charge in [-0.05, 0) is 48.2 Å². The Labute approximate surface area is 207 Å². The Hall–Kier alpha value is -3.61. The monoisotopic (exact) mass is 471 g/mol. The van der Waals surface area contributed by atoms with E-state index in [0.29, 0.717) is 18.7 Å². The maximum atomic E-state index is 15.4. The lowest BCUT2D eigenvalue weighted by Crippen LogP contribution is -2.34. The fraction of sp³-hybridized carbons (Fsp3) is 0.241. The van der Waals surface area contributed by atoms with Crippen LogP contribution in [0, 0.1) is 5.92 Å². The van der Waals surface area contributed by atoms with Crippen molar-refractivity contribution in [3.63, 3.8) is 0 Å².